The molecule has 0 bridgehead atoms. The van der Waals surface area contributed by atoms with E-state index < -0.39 is 23.5 Å². The molecule has 6 unspecified atom stereocenters. The summed E-state index contributed by atoms with van der Waals surface area (Å²) in [6.07, 6.45) is 1.19. The number of primary amides is 2. The summed E-state index contributed by atoms with van der Waals surface area (Å²) < 4.78 is 0. The fraction of sp³-hybridized carbons (Fsp3) is 0.375. The van der Waals surface area contributed by atoms with Gasteiger partial charge in [-0.1, -0.05) is 91.0 Å². The van der Waals surface area contributed by atoms with E-state index in [4.69, 9.17) is 11.5 Å². The SMILES string of the molecule is NC(=O)C(c1ccccc1)C(O)(C1CCNCC1c1ccccc1)C1CCN(C(N)=O)CC1c1ccccc1. The lowest BCUT2D eigenvalue weighted by Gasteiger charge is -2.55. The molecule has 2 heterocycles. The van der Waals surface area contributed by atoms with E-state index in [-0.39, 0.29) is 23.7 Å². The highest BCUT2D eigenvalue weighted by atomic mass is 16.3. The van der Waals surface area contributed by atoms with E-state index in [2.05, 4.69) is 17.4 Å². The molecule has 7 heteroatoms. The molecule has 2 saturated heterocycles. The molecule has 0 radical (unpaired) electrons. The summed E-state index contributed by atoms with van der Waals surface area (Å²) in [5.74, 6) is -2.32. The van der Waals surface area contributed by atoms with Gasteiger partial charge in [0.25, 0.3) is 0 Å². The smallest absolute Gasteiger partial charge is 0.314 e. The zero-order valence-electron chi connectivity index (χ0n) is 22.2. The van der Waals surface area contributed by atoms with Gasteiger partial charge < -0.3 is 26.8 Å². The molecule has 6 atom stereocenters. The first-order chi connectivity index (χ1) is 18.9. The molecule has 3 aromatic rings. The minimum absolute atomic E-state index is 0.0268. The number of carbonyl (C=O) groups excluding carboxylic acids is 2. The van der Waals surface area contributed by atoms with Crippen molar-refractivity contribution in [3.05, 3.63) is 108 Å². The Labute approximate surface area is 230 Å². The van der Waals surface area contributed by atoms with Gasteiger partial charge in [0.2, 0.25) is 5.91 Å². The van der Waals surface area contributed by atoms with E-state index in [1.165, 1.54) is 0 Å². The van der Waals surface area contributed by atoms with Gasteiger partial charge in [-0.25, -0.2) is 4.79 Å². The number of likely N-dealkylation sites (tertiary alicyclic amines) is 1. The molecular formula is C32H38N4O3. The van der Waals surface area contributed by atoms with Gasteiger partial charge in [0.15, 0.2) is 0 Å². The molecule has 2 fully saturated rings. The minimum Gasteiger partial charge on any atom is -0.388 e. The zero-order valence-corrected chi connectivity index (χ0v) is 22.2. The van der Waals surface area contributed by atoms with Crippen molar-refractivity contribution in [3.8, 4) is 0 Å². The van der Waals surface area contributed by atoms with Gasteiger partial charge in [-0.15, -0.1) is 0 Å². The Morgan fingerprint density at radius 1 is 0.821 bits per heavy atom. The van der Waals surface area contributed by atoms with E-state index in [0.717, 1.165) is 17.7 Å². The largest absolute Gasteiger partial charge is 0.388 e. The minimum atomic E-state index is -1.49. The molecule has 6 N–H and O–H groups in total. The van der Waals surface area contributed by atoms with Crippen molar-refractivity contribution < 1.29 is 14.7 Å². The van der Waals surface area contributed by atoms with Gasteiger partial charge in [0, 0.05) is 31.5 Å². The van der Waals surface area contributed by atoms with Crippen LogP contribution in [0, 0.1) is 11.8 Å². The molecule has 5 rings (SSSR count). The van der Waals surface area contributed by atoms with Crippen LogP contribution in [0.4, 0.5) is 4.79 Å². The zero-order chi connectivity index (χ0) is 27.4. The first kappa shape index (κ1) is 26.9. The Kier molecular flexibility index (Phi) is 8.00. The topological polar surface area (TPSA) is 122 Å². The van der Waals surface area contributed by atoms with E-state index in [1.807, 2.05) is 78.9 Å². The third kappa shape index (κ3) is 5.29. The van der Waals surface area contributed by atoms with E-state index in [1.54, 1.807) is 4.90 Å². The number of nitrogens with two attached hydrogens (primary N) is 2. The molecule has 2 aliphatic rings. The van der Waals surface area contributed by atoms with Gasteiger partial charge in [-0.2, -0.15) is 0 Å². The number of urea groups is 1. The summed E-state index contributed by atoms with van der Waals surface area (Å²) in [6, 6.07) is 29.1. The Morgan fingerprint density at radius 3 is 1.92 bits per heavy atom. The van der Waals surface area contributed by atoms with Gasteiger partial charge in [0.1, 0.15) is 0 Å². The molecule has 0 aromatic heterocycles. The molecule has 0 aliphatic carbocycles. The van der Waals surface area contributed by atoms with Crippen LogP contribution in [0.15, 0.2) is 91.0 Å². The van der Waals surface area contributed by atoms with E-state index >= 15 is 0 Å². The van der Waals surface area contributed by atoms with Gasteiger partial charge >= 0.3 is 6.03 Å². The lowest BCUT2D eigenvalue weighted by atomic mass is 9.55. The summed E-state index contributed by atoms with van der Waals surface area (Å²) in [7, 11) is 0. The monoisotopic (exact) mass is 526 g/mol. The third-order valence-corrected chi connectivity index (χ3v) is 8.93. The maximum Gasteiger partial charge on any atom is 0.314 e. The number of amides is 3. The van der Waals surface area contributed by atoms with Gasteiger partial charge in [-0.05, 0) is 47.9 Å². The number of piperidine rings is 2. The van der Waals surface area contributed by atoms with Crippen LogP contribution in [-0.2, 0) is 4.79 Å². The van der Waals surface area contributed by atoms with E-state index in [9.17, 15) is 14.7 Å². The standard InChI is InChI=1S/C32H38N4O3/c33-30(37)29(24-14-8-3-9-15-24)32(39,27-16-18-35-20-25(27)22-10-4-1-5-11-22)28-17-19-36(31(34)38)21-26(28)23-12-6-2-7-13-23/h1-15,25-29,35,39H,16-21H2,(H2,33,37)(H2,34,38). The van der Waals surface area contributed by atoms with Crippen molar-refractivity contribution in [3.63, 3.8) is 0 Å². The molecule has 3 amide bonds. The highest BCUT2D eigenvalue weighted by Crippen LogP contribution is 2.53. The second-order valence-corrected chi connectivity index (χ2v) is 10.9. The second kappa shape index (κ2) is 11.6. The Bertz CT molecular complexity index is 1260. The number of carbonyl (C=O) groups is 2. The van der Waals surface area contributed by atoms with Crippen LogP contribution in [0.25, 0.3) is 0 Å². The van der Waals surface area contributed by atoms with Crippen LogP contribution >= 0.6 is 0 Å². The average molecular weight is 527 g/mol. The van der Waals surface area contributed by atoms with Crippen LogP contribution in [0.5, 0.6) is 0 Å². The number of nitrogens with zero attached hydrogens (tertiary/aromatic N) is 1. The molecule has 39 heavy (non-hydrogen) atoms. The summed E-state index contributed by atoms with van der Waals surface area (Å²) in [6.45, 7) is 2.20. The quantitative estimate of drug-likeness (QED) is 0.376. The van der Waals surface area contributed by atoms with Crippen molar-refractivity contribution in [1.29, 1.82) is 0 Å². The van der Waals surface area contributed by atoms with Crippen molar-refractivity contribution in [2.45, 2.75) is 36.2 Å². The van der Waals surface area contributed by atoms with Crippen LogP contribution in [0.1, 0.15) is 47.3 Å². The highest BCUT2D eigenvalue weighted by molar-refractivity contribution is 5.83. The molecule has 0 saturated carbocycles. The number of hydrogen-bond donors (Lipinski definition) is 4. The summed E-state index contributed by atoms with van der Waals surface area (Å²) in [5, 5.41) is 16.9. The van der Waals surface area contributed by atoms with Gasteiger partial charge in [-0.3, -0.25) is 4.79 Å². The Balaban J connectivity index is 1.70. The fourth-order valence-electron chi connectivity index (χ4n) is 7.21. The maximum atomic E-state index is 13.5. The Morgan fingerprint density at radius 2 is 1.36 bits per heavy atom. The average Bonchev–Trinajstić information content (AvgIpc) is 2.98. The molecular weight excluding hydrogens is 488 g/mol. The third-order valence-electron chi connectivity index (χ3n) is 8.93. The Hall–Kier alpha value is -3.68. The molecule has 2 aliphatic heterocycles. The van der Waals surface area contributed by atoms with Crippen molar-refractivity contribution in [2.24, 2.45) is 23.3 Å². The number of rotatable bonds is 7. The lowest BCUT2D eigenvalue weighted by Crippen LogP contribution is -2.62. The lowest BCUT2D eigenvalue weighted by molar-refractivity contribution is -0.148. The molecule has 204 valence electrons. The molecule has 3 aromatic carbocycles. The van der Waals surface area contributed by atoms with Crippen LogP contribution < -0.4 is 16.8 Å². The number of nitrogens with one attached hydrogen (secondary N) is 1. The summed E-state index contributed by atoms with van der Waals surface area (Å²) in [4.78, 5) is 27.4. The first-order valence-electron chi connectivity index (χ1n) is 13.8. The number of benzene rings is 3. The van der Waals surface area contributed by atoms with Crippen LogP contribution in [0.2, 0.25) is 0 Å². The van der Waals surface area contributed by atoms with Crippen LogP contribution in [-0.4, -0.2) is 53.7 Å². The fourth-order valence-corrected chi connectivity index (χ4v) is 7.21. The van der Waals surface area contributed by atoms with Crippen molar-refractivity contribution >= 4 is 11.9 Å². The number of aliphatic hydroxyl groups is 1. The predicted molar refractivity (Wildman–Crippen MR) is 152 cm³/mol. The number of hydrogen-bond acceptors (Lipinski definition) is 4. The van der Waals surface area contributed by atoms with Crippen LogP contribution in [0.3, 0.4) is 0 Å². The van der Waals surface area contributed by atoms with E-state index in [0.29, 0.717) is 38.0 Å². The normalized spacial score (nSPS) is 25.8. The maximum absolute atomic E-state index is 13.5. The molecule has 0 spiro atoms. The van der Waals surface area contributed by atoms with Gasteiger partial charge in [0.05, 0.1) is 11.5 Å². The predicted octanol–water partition coefficient (Wildman–Crippen LogP) is 3.56. The second-order valence-electron chi connectivity index (χ2n) is 10.9. The summed E-state index contributed by atoms with van der Waals surface area (Å²) >= 11 is 0. The van der Waals surface area contributed by atoms with Crippen molar-refractivity contribution in [1.82, 2.24) is 10.2 Å². The molecule has 7 nitrogen and oxygen atoms in total. The first-order valence-corrected chi connectivity index (χ1v) is 13.8. The highest BCUT2D eigenvalue weighted by Gasteiger charge is 2.58. The summed E-state index contributed by atoms with van der Waals surface area (Å²) in [5.41, 5.74) is 13.3. The van der Waals surface area contributed by atoms with Crippen molar-refractivity contribution in [2.75, 3.05) is 26.2 Å².